The number of carbonyl (C=O) groups excluding carboxylic acids is 3. The number of Topliss-reactive ketones (excluding diaryl/α,β-unsaturated/α-hetero) is 2. The minimum absolute atomic E-state index is 0.140. The molecule has 1 saturated heterocycles. The van der Waals surface area contributed by atoms with E-state index in [0.29, 0.717) is 6.54 Å². The van der Waals surface area contributed by atoms with Crippen molar-refractivity contribution in [3.63, 3.8) is 0 Å². The molecule has 108 valence electrons. The Labute approximate surface area is 113 Å². The Morgan fingerprint density at radius 3 is 2.47 bits per heavy atom. The van der Waals surface area contributed by atoms with Gasteiger partial charge in [0, 0.05) is 6.54 Å². The largest absolute Gasteiger partial charge is 0.444 e. The van der Waals surface area contributed by atoms with E-state index in [0.717, 1.165) is 0 Å². The Kier molecular flexibility index (Phi) is 5.05. The van der Waals surface area contributed by atoms with E-state index >= 15 is 0 Å². The van der Waals surface area contributed by atoms with Crippen molar-refractivity contribution in [2.75, 3.05) is 19.7 Å². The summed E-state index contributed by atoms with van der Waals surface area (Å²) >= 11 is 0. The molecule has 1 heterocycles. The summed E-state index contributed by atoms with van der Waals surface area (Å²) in [5, 5.41) is 0. The monoisotopic (exact) mass is 271 g/mol. The van der Waals surface area contributed by atoms with Crippen LogP contribution in [0, 0.1) is 0 Å². The van der Waals surface area contributed by atoms with E-state index in [9.17, 15) is 14.4 Å². The van der Waals surface area contributed by atoms with Crippen LogP contribution in [-0.2, 0) is 19.1 Å². The molecule has 0 aliphatic carbocycles. The smallest absolute Gasteiger partial charge is 0.410 e. The van der Waals surface area contributed by atoms with Crippen molar-refractivity contribution in [2.24, 2.45) is 0 Å². The summed E-state index contributed by atoms with van der Waals surface area (Å²) in [5.74, 6) is -0.497. The maximum absolute atomic E-state index is 11.9. The van der Waals surface area contributed by atoms with Crippen molar-refractivity contribution < 1.29 is 23.9 Å². The van der Waals surface area contributed by atoms with Crippen LogP contribution in [0.2, 0.25) is 0 Å². The highest BCUT2D eigenvalue weighted by atomic mass is 16.6. The first-order valence-electron chi connectivity index (χ1n) is 6.31. The lowest BCUT2D eigenvalue weighted by atomic mass is 10.1. The number of hydrogen-bond donors (Lipinski definition) is 0. The van der Waals surface area contributed by atoms with Crippen LogP contribution in [0.15, 0.2) is 0 Å². The second-order valence-electron chi connectivity index (χ2n) is 5.63. The van der Waals surface area contributed by atoms with Crippen LogP contribution in [0.1, 0.15) is 34.1 Å². The van der Waals surface area contributed by atoms with Gasteiger partial charge < -0.3 is 14.4 Å². The third kappa shape index (κ3) is 5.38. The number of carbonyl (C=O) groups is 3. The lowest BCUT2D eigenvalue weighted by molar-refractivity contribution is -0.138. The van der Waals surface area contributed by atoms with Crippen molar-refractivity contribution in [3.8, 4) is 0 Å². The van der Waals surface area contributed by atoms with E-state index in [1.54, 1.807) is 20.8 Å². The summed E-state index contributed by atoms with van der Waals surface area (Å²) in [6.45, 7) is 7.50. The summed E-state index contributed by atoms with van der Waals surface area (Å²) in [6.07, 6.45) is -1.35. The van der Waals surface area contributed by atoms with Gasteiger partial charge in [0.05, 0.1) is 19.6 Å². The number of hydrogen-bond acceptors (Lipinski definition) is 5. The number of ether oxygens (including phenoxy) is 2. The third-order valence-electron chi connectivity index (χ3n) is 2.50. The summed E-state index contributed by atoms with van der Waals surface area (Å²) in [7, 11) is 0. The van der Waals surface area contributed by atoms with Crippen LogP contribution in [0.25, 0.3) is 0 Å². The molecule has 1 amide bonds. The Bertz CT molecular complexity index is 372. The average molecular weight is 271 g/mol. The second-order valence-corrected chi connectivity index (χ2v) is 5.63. The van der Waals surface area contributed by atoms with Crippen LogP contribution < -0.4 is 0 Å². The summed E-state index contributed by atoms with van der Waals surface area (Å²) < 4.78 is 10.5. The fourth-order valence-electron chi connectivity index (χ4n) is 1.70. The Hall–Kier alpha value is -1.43. The lowest BCUT2D eigenvalue weighted by Crippen LogP contribution is -2.50. The molecule has 1 aliphatic rings. The summed E-state index contributed by atoms with van der Waals surface area (Å²) in [5.41, 5.74) is -0.575. The number of ketones is 2. The summed E-state index contributed by atoms with van der Waals surface area (Å²) in [4.78, 5) is 36.0. The zero-order valence-corrected chi connectivity index (χ0v) is 11.9. The molecule has 0 radical (unpaired) electrons. The molecule has 0 saturated carbocycles. The Morgan fingerprint density at radius 2 is 1.95 bits per heavy atom. The molecule has 1 aliphatic heterocycles. The van der Waals surface area contributed by atoms with Gasteiger partial charge in [-0.2, -0.15) is 0 Å². The molecule has 0 spiro atoms. The van der Waals surface area contributed by atoms with Crippen molar-refractivity contribution in [1.82, 2.24) is 4.90 Å². The third-order valence-corrected chi connectivity index (χ3v) is 2.50. The quantitative estimate of drug-likeness (QED) is 0.720. The first-order chi connectivity index (χ1) is 8.69. The molecule has 0 unspecified atom stereocenters. The molecule has 6 nitrogen and oxygen atoms in total. The van der Waals surface area contributed by atoms with Crippen molar-refractivity contribution >= 4 is 17.7 Å². The van der Waals surface area contributed by atoms with Crippen LogP contribution in [0.5, 0.6) is 0 Å². The van der Waals surface area contributed by atoms with E-state index < -0.39 is 17.8 Å². The van der Waals surface area contributed by atoms with Gasteiger partial charge in [0.1, 0.15) is 17.5 Å². The van der Waals surface area contributed by atoms with Gasteiger partial charge in [-0.15, -0.1) is 0 Å². The molecular formula is C13H21NO5. The second kappa shape index (κ2) is 6.14. The first-order valence-corrected chi connectivity index (χ1v) is 6.31. The normalized spacial score (nSPS) is 20.0. The van der Waals surface area contributed by atoms with Gasteiger partial charge in [0.15, 0.2) is 5.78 Å². The van der Waals surface area contributed by atoms with Crippen LogP contribution in [0.4, 0.5) is 4.79 Å². The maximum Gasteiger partial charge on any atom is 0.410 e. The molecule has 0 bridgehead atoms. The number of nitrogens with zero attached hydrogens (tertiary/aromatic N) is 1. The lowest BCUT2D eigenvalue weighted by Gasteiger charge is -2.33. The van der Waals surface area contributed by atoms with Gasteiger partial charge in [0.25, 0.3) is 0 Å². The van der Waals surface area contributed by atoms with E-state index in [4.69, 9.17) is 9.47 Å². The van der Waals surface area contributed by atoms with Crippen LogP contribution in [-0.4, -0.2) is 54.0 Å². The van der Waals surface area contributed by atoms with Gasteiger partial charge in [-0.25, -0.2) is 4.79 Å². The predicted molar refractivity (Wildman–Crippen MR) is 67.9 cm³/mol. The minimum atomic E-state index is -0.731. The molecular weight excluding hydrogens is 250 g/mol. The highest BCUT2D eigenvalue weighted by Crippen LogP contribution is 2.14. The van der Waals surface area contributed by atoms with Crippen molar-refractivity contribution in [2.45, 2.75) is 45.8 Å². The molecule has 19 heavy (non-hydrogen) atoms. The summed E-state index contributed by atoms with van der Waals surface area (Å²) in [6, 6.07) is 0. The molecule has 1 rings (SSSR count). The van der Waals surface area contributed by atoms with Gasteiger partial charge >= 0.3 is 6.09 Å². The van der Waals surface area contributed by atoms with Crippen molar-refractivity contribution in [3.05, 3.63) is 0 Å². The molecule has 0 aromatic carbocycles. The standard InChI is InChI=1S/C13H21NO5/c1-9(15)7-10(16)11-8-14(5-6-18-11)12(17)19-13(2,3)4/h11H,5-8H2,1-4H3/t11-/m1/s1. The van der Waals surface area contributed by atoms with Gasteiger partial charge in [-0.05, 0) is 27.7 Å². The van der Waals surface area contributed by atoms with Crippen LogP contribution in [0.3, 0.4) is 0 Å². The van der Waals surface area contributed by atoms with Gasteiger partial charge in [0.2, 0.25) is 0 Å². The van der Waals surface area contributed by atoms with E-state index in [1.807, 2.05) is 0 Å². The zero-order chi connectivity index (χ0) is 14.6. The highest BCUT2D eigenvalue weighted by Gasteiger charge is 2.31. The zero-order valence-electron chi connectivity index (χ0n) is 11.9. The molecule has 1 atom stereocenters. The van der Waals surface area contributed by atoms with E-state index in [-0.39, 0.29) is 31.1 Å². The molecule has 0 aromatic heterocycles. The number of rotatable bonds is 3. The molecule has 6 heteroatoms. The maximum atomic E-state index is 11.9. The highest BCUT2D eigenvalue weighted by molar-refractivity contribution is 6.00. The topological polar surface area (TPSA) is 72.9 Å². The predicted octanol–water partition coefficient (Wildman–Crippen LogP) is 1.17. The number of amides is 1. The van der Waals surface area contributed by atoms with E-state index in [1.165, 1.54) is 11.8 Å². The Balaban J connectivity index is 2.57. The fraction of sp³-hybridized carbons (Fsp3) is 0.769. The van der Waals surface area contributed by atoms with Crippen LogP contribution >= 0.6 is 0 Å². The van der Waals surface area contributed by atoms with Crippen molar-refractivity contribution in [1.29, 1.82) is 0 Å². The van der Waals surface area contributed by atoms with Gasteiger partial charge in [-0.1, -0.05) is 0 Å². The first kappa shape index (κ1) is 15.6. The van der Waals surface area contributed by atoms with E-state index in [2.05, 4.69) is 0 Å². The average Bonchev–Trinajstić information content (AvgIpc) is 2.26. The molecule has 0 aromatic rings. The Morgan fingerprint density at radius 1 is 1.32 bits per heavy atom. The molecule has 1 fully saturated rings. The number of morpholine rings is 1. The molecule has 0 N–H and O–H groups in total. The minimum Gasteiger partial charge on any atom is -0.444 e. The SMILES string of the molecule is CC(=O)CC(=O)[C@H]1CN(C(=O)OC(C)(C)C)CCO1. The van der Waals surface area contributed by atoms with Gasteiger partial charge in [-0.3, -0.25) is 9.59 Å². The fourth-order valence-corrected chi connectivity index (χ4v) is 1.70.